The second-order valence-corrected chi connectivity index (χ2v) is 2.38. The van der Waals surface area contributed by atoms with E-state index in [-0.39, 0.29) is 4.68 Å². The van der Waals surface area contributed by atoms with Crippen LogP contribution in [0.15, 0.2) is 4.79 Å². The molecule has 14 heavy (non-hydrogen) atoms. The molecule has 0 bridgehead atoms. The Bertz CT molecular complexity index is 389. The van der Waals surface area contributed by atoms with Gasteiger partial charge in [-0.25, -0.2) is 14.0 Å². The van der Waals surface area contributed by atoms with Crippen molar-refractivity contribution in [2.75, 3.05) is 0 Å². The summed E-state index contributed by atoms with van der Waals surface area (Å²) in [6.07, 6.45) is -5.07. The zero-order chi connectivity index (χ0) is 11.1. The van der Waals surface area contributed by atoms with Gasteiger partial charge in [-0.3, -0.25) is 0 Å². The van der Waals surface area contributed by atoms with Crippen LogP contribution in [-0.4, -0.2) is 14.3 Å². The topological polar surface area (TPSA) is 39.8 Å². The SMILES string of the molecule is Cn1nc(C(F)(F)F)n(C(F)F)c1=O. The maximum absolute atomic E-state index is 12.0. The maximum Gasteiger partial charge on any atom is 0.451 e. The molecule has 0 aromatic carbocycles. The Morgan fingerprint density at radius 1 is 1.36 bits per heavy atom. The molecule has 0 amide bonds. The summed E-state index contributed by atoms with van der Waals surface area (Å²) in [5.41, 5.74) is -1.51. The Morgan fingerprint density at radius 3 is 2.14 bits per heavy atom. The van der Waals surface area contributed by atoms with Crippen molar-refractivity contribution in [1.82, 2.24) is 14.3 Å². The molecular weight excluding hydrogens is 213 g/mol. The van der Waals surface area contributed by atoms with Crippen molar-refractivity contribution in [2.45, 2.75) is 12.7 Å². The molecule has 0 unspecified atom stereocenters. The molecule has 80 valence electrons. The lowest BCUT2D eigenvalue weighted by Gasteiger charge is -2.06. The van der Waals surface area contributed by atoms with E-state index in [1.54, 1.807) is 0 Å². The van der Waals surface area contributed by atoms with Crippen LogP contribution in [0.2, 0.25) is 0 Å². The van der Waals surface area contributed by atoms with Crippen LogP contribution in [-0.2, 0) is 13.2 Å². The van der Waals surface area contributed by atoms with E-state index in [9.17, 15) is 26.7 Å². The highest BCUT2D eigenvalue weighted by atomic mass is 19.4. The van der Waals surface area contributed by atoms with Gasteiger partial charge in [0.2, 0.25) is 5.82 Å². The van der Waals surface area contributed by atoms with Crippen LogP contribution >= 0.6 is 0 Å². The van der Waals surface area contributed by atoms with E-state index < -0.39 is 28.8 Å². The fourth-order valence-corrected chi connectivity index (χ4v) is 0.849. The van der Waals surface area contributed by atoms with Gasteiger partial charge in [0.1, 0.15) is 0 Å². The highest BCUT2D eigenvalue weighted by molar-refractivity contribution is 4.93. The number of halogens is 5. The van der Waals surface area contributed by atoms with E-state index in [4.69, 9.17) is 0 Å². The first-order valence-electron chi connectivity index (χ1n) is 3.26. The van der Waals surface area contributed by atoms with Crippen molar-refractivity contribution >= 4 is 0 Å². The maximum atomic E-state index is 12.0. The predicted octanol–water partition coefficient (Wildman–Crippen LogP) is 0.996. The summed E-state index contributed by atoms with van der Waals surface area (Å²) in [5.74, 6) is -1.90. The first-order valence-corrected chi connectivity index (χ1v) is 3.26. The number of aromatic nitrogens is 3. The predicted molar refractivity (Wildman–Crippen MR) is 33.7 cm³/mol. The van der Waals surface area contributed by atoms with Crippen LogP contribution < -0.4 is 5.69 Å². The lowest BCUT2D eigenvalue weighted by Crippen LogP contribution is -2.26. The van der Waals surface area contributed by atoms with Crippen LogP contribution in [0.5, 0.6) is 0 Å². The minimum absolute atomic E-state index is 0.203. The summed E-state index contributed by atoms with van der Waals surface area (Å²) in [5, 5.41) is 2.66. The van der Waals surface area contributed by atoms with Crippen LogP contribution in [0.3, 0.4) is 0 Å². The van der Waals surface area contributed by atoms with E-state index >= 15 is 0 Å². The fraction of sp³-hybridized carbons (Fsp3) is 0.600. The Hall–Kier alpha value is -1.41. The standard InChI is InChI=1S/C5H4F5N3O/c1-12-4(14)13(3(6)7)2(11-12)5(8,9)10/h3H,1H3. The molecule has 0 saturated heterocycles. The van der Waals surface area contributed by atoms with E-state index in [0.29, 0.717) is 0 Å². The molecular formula is C5H4F5N3O. The van der Waals surface area contributed by atoms with Crippen molar-refractivity contribution in [3.05, 3.63) is 16.3 Å². The average Bonchev–Trinajstić information content (AvgIpc) is 2.27. The van der Waals surface area contributed by atoms with E-state index in [0.717, 1.165) is 7.05 Å². The summed E-state index contributed by atoms with van der Waals surface area (Å²) in [6, 6.07) is 0. The Balaban J connectivity index is 3.45. The minimum Gasteiger partial charge on any atom is -0.246 e. The minimum atomic E-state index is -5.07. The number of hydrogen-bond acceptors (Lipinski definition) is 2. The number of alkyl halides is 5. The van der Waals surface area contributed by atoms with Gasteiger partial charge >= 0.3 is 18.4 Å². The molecule has 1 aromatic rings. The van der Waals surface area contributed by atoms with Gasteiger partial charge in [-0.2, -0.15) is 22.0 Å². The van der Waals surface area contributed by atoms with Crippen LogP contribution in [0.25, 0.3) is 0 Å². The van der Waals surface area contributed by atoms with Gasteiger partial charge in [-0.15, -0.1) is 5.10 Å². The van der Waals surface area contributed by atoms with Gasteiger partial charge in [-0.05, 0) is 0 Å². The summed E-state index contributed by atoms with van der Waals surface area (Å²) in [7, 11) is 0.858. The Morgan fingerprint density at radius 2 is 1.86 bits per heavy atom. The lowest BCUT2D eigenvalue weighted by molar-refractivity contribution is -0.152. The molecule has 0 aliphatic carbocycles. The van der Waals surface area contributed by atoms with Gasteiger partial charge in [-0.1, -0.05) is 0 Å². The summed E-state index contributed by atoms with van der Waals surface area (Å²) in [4.78, 5) is 10.8. The monoisotopic (exact) mass is 217 g/mol. The molecule has 4 nitrogen and oxygen atoms in total. The van der Waals surface area contributed by atoms with Crippen molar-refractivity contribution in [3.63, 3.8) is 0 Å². The second kappa shape index (κ2) is 3.07. The molecule has 0 radical (unpaired) electrons. The van der Waals surface area contributed by atoms with Gasteiger partial charge in [0, 0.05) is 7.05 Å². The molecule has 0 aliphatic rings. The zero-order valence-electron chi connectivity index (χ0n) is 6.72. The third-order valence-corrected chi connectivity index (χ3v) is 1.40. The molecule has 0 saturated carbocycles. The molecule has 1 rings (SSSR count). The van der Waals surface area contributed by atoms with E-state index in [2.05, 4.69) is 5.10 Å². The Kier molecular flexibility index (Phi) is 2.34. The molecule has 0 aliphatic heterocycles. The van der Waals surface area contributed by atoms with Gasteiger partial charge in [0.05, 0.1) is 0 Å². The normalized spacial score (nSPS) is 12.5. The van der Waals surface area contributed by atoms with Gasteiger partial charge < -0.3 is 0 Å². The highest BCUT2D eigenvalue weighted by Gasteiger charge is 2.40. The molecule has 0 N–H and O–H groups in total. The van der Waals surface area contributed by atoms with E-state index in [1.165, 1.54) is 0 Å². The van der Waals surface area contributed by atoms with Gasteiger partial charge in [0.15, 0.2) is 0 Å². The smallest absolute Gasteiger partial charge is 0.246 e. The highest BCUT2D eigenvalue weighted by Crippen LogP contribution is 2.28. The quantitative estimate of drug-likeness (QED) is 0.658. The summed E-state index contributed by atoms with van der Waals surface area (Å²) in [6.45, 7) is -3.56. The lowest BCUT2D eigenvalue weighted by atomic mass is 10.6. The fourth-order valence-electron chi connectivity index (χ4n) is 0.849. The van der Waals surface area contributed by atoms with Crippen LogP contribution in [0.1, 0.15) is 12.4 Å². The Labute approximate surface area is 73.6 Å². The third kappa shape index (κ3) is 1.61. The first kappa shape index (κ1) is 10.7. The number of aryl methyl sites for hydroxylation is 1. The second-order valence-electron chi connectivity index (χ2n) is 2.38. The van der Waals surface area contributed by atoms with Crippen molar-refractivity contribution in [1.29, 1.82) is 0 Å². The van der Waals surface area contributed by atoms with Crippen molar-refractivity contribution < 1.29 is 22.0 Å². The first-order chi connectivity index (χ1) is 6.25. The van der Waals surface area contributed by atoms with Crippen molar-refractivity contribution in [2.24, 2.45) is 7.05 Å². The molecule has 1 heterocycles. The number of rotatable bonds is 1. The molecule has 0 atom stereocenters. The molecule has 0 spiro atoms. The van der Waals surface area contributed by atoms with Crippen molar-refractivity contribution in [3.8, 4) is 0 Å². The number of nitrogens with zero attached hydrogens (tertiary/aromatic N) is 3. The third-order valence-electron chi connectivity index (χ3n) is 1.40. The van der Waals surface area contributed by atoms with Gasteiger partial charge in [0.25, 0.3) is 0 Å². The largest absolute Gasteiger partial charge is 0.451 e. The average molecular weight is 217 g/mol. The molecule has 0 fully saturated rings. The summed E-state index contributed by atoms with van der Waals surface area (Å²) < 4.78 is 59.7. The summed E-state index contributed by atoms with van der Waals surface area (Å²) >= 11 is 0. The molecule has 9 heteroatoms. The van der Waals surface area contributed by atoms with Crippen LogP contribution in [0.4, 0.5) is 22.0 Å². The molecule has 1 aromatic heterocycles. The number of hydrogen-bond donors (Lipinski definition) is 0. The zero-order valence-corrected chi connectivity index (χ0v) is 6.72. The van der Waals surface area contributed by atoms with E-state index in [1.807, 2.05) is 0 Å². The van der Waals surface area contributed by atoms with Crippen LogP contribution in [0, 0.1) is 0 Å².